The van der Waals surface area contributed by atoms with Gasteiger partial charge in [0.25, 0.3) is 5.91 Å². The highest BCUT2D eigenvalue weighted by atomic mass is 16.6. The maximum absolute atomic E-state index is 14.3. The number of aliphatic hydroxyl groups is 1. The molecule has 0 saturated carbocycles. The largest absolute Gasteiger partial charge is 0.450 e. The van der Waals surface area contributed by atoms with E-state index < -0.39 is 102 Å². The highest BCUT2D eigenvalue weighted by Gasteiger charge is 2.45. The van der Waals surface area contributed by atoms with Gasteiger partial charge in [-0.25, -0.2) is 4.79 Å². The molecule has 6 amide bonds. The summed E-state index contributed by atoms with van der Waals surface area (Å²) < 4.78 is 5.84. The highest BCUT2D eigenvalue weighted by Crippen LogP contribution is 2.23. The first-order valence-electron chi connectivity index (χ1n) is 20.1. The van der Waals surface area contributed by atoms with E-state index in [4.69, 9.17) is 4.74 Å². The number of rotatable bonds is 10. The van der Waals surface area contributed by atoms with Crippen molar-refractivity contribution in [2.45, 2.75) is 137 Å². The number of carbonyl (C=O) groups is 7. The van der Waals surface area contributed by atoms with Crippen molar-refractivity contribution < 1.29 is 43.4 Å². The minimum Gasteiger partial charge on any atom is -0.450 e. The van der Waals surface area contributed by atoms with Crippen LogP contribution < -0.4 is 16.0 Å². The van der Waals surface area contributed by atoms with Gasteiger partial charge in [-0.1, -0.05) is 85.7 Å². The quantitative estimate of drug-likeness (QED) is 0.257. The van der Waals surface area contributed by atoms with Gasteiger partial charge in [-0.05, 0) is 56.4 Å². The fourth-order valence-electron chi connectivity index (χ4n) is 7.14. The number of benzene rings is 1. The summed E-state index contributed by atoms with van der Waals surface area (Å²) in [6.45, 7) is 16.7. The van der Waals surface area contributed by atoms with Crippen LogP contribution in [0.3, 0.4) is 0 Å². The van der Waals surface area contributed by atoms with E-state index >= 15 is 0 Å². The van der Waals surface area contributed by atoms with Crippen molar-refractivity contribution in [3.8, 4) is 0 Å². The van der Waals surface area contributed by atoms with Gasteiger partial charge in [-0.2, -0.15) is 0 Å². The van der Waals surface area contributed by atoms with Gasteiger partial charge in [0.05, 0.1) is 12.1 Å². The lowest BCUT2D eigenvalue weighted by molar-refractivity contribution is -0.176. The van der Waals surface area contributed by atoms with Crippen molar-refractivity contribution in [1.82, 2.24) is 30.7 Å². The van der Waals surface area contributed by atoms with Gasteiger partial charge in [0.2, 0.25) is 29.5 Å². The molecule has 1 saturated heterocycles. The Labute approximate surface area is 339 Å². The van der Waals surface area contributed by atoms with Crippen LogP contribution in [0.15, 0.2) is 30.3 Å². The zero-order chi connectivity index (χ0) is 43.5. The number of amides is 6. The summed E-state index contributed by atoms with van der Waals surface area (Å²) in [5.41, 5.74) is -1.14. The first-order chi connectivity index (χ1) is 26.4. The molecule has 7 atom stereocenters. The van der Waals surface area contributed by atoms with Crippen molar-refractivity contribution in [1.29, 1.82) is 0 Å². The van der Waals surface area contributed by atoms with Crippen molar-refractivity contribution in [2.24, 2.45) is 23.7 Å². The molecule has 57 heavy (non-hydrogen) atoms. The van der Waals surface area contributed by atoms with Crippen molar-refractivity contribution >= 4 is 41.4 Å². The van der Waals surface area contributed by atoms with E-state index in [9.17, 15) is 38.7 Å². The molecule has 0 unspecified atom stereocenters. The monoisotopic (exact) mass is 801 g/mol. The zero-order valence-electron chi connectivity index (χ0n) is 36.3. The molecule has 15 nitrogen and oxygen atoms in total. The fourth-order valence-corrected chi connectivity index (χ4v) is 7.14. The van der Waals surface area contributed by atoms with Crippen molar-refractivity contribution in [2.75, 3.05) is 27.7 Å². The number of esters is 1. The summed E-state index contributed by atoms with van der Waals surface area (Å²) >= 11 is 0. The summed E-state index contributed by atoms with van der Waals surface area (Å²) in [4.78, 5) is 102. The second-order valence-corrected chi connectivity index (χ2v) is 17.3. The van der Waals surface area contributed by atoms with Crippen LogP contribution in [0.5, 0.6) is 0 Å². The molecule has 4 N–H and O–H groups in total. The Morgan fingerprint density at radius 1 is 0.737 bits per heavy atom. The van der Waals surface area contributed by atoms with Crippen LogP contribution in [0.1, 0.15) is 94.1 Å². The first-order valence-corrected chi connectivity index (χ1v) is 20.1. The molecule has 1 fully saturated rings. The number of hydrogen-bond donors (Lipinski definition) is 4. The van der Waals surface area contributed by atoms with Crippen LogP contribution in [-0.4, -0.2) is 131 Å². The summed E-state index contributed by atoms with van der Waals surface area (Å²) in [7, 11) is 4.16. The van der Waals surface area contributed by atoms with Crippen LogP contribution in [0.25, 0.3) is 0 Å². The van der Waals surface area contributed by atoms with E-state index in [2.05, 4.69) is 16.0 Å². The zero-order valence-corrected chi connectivity index (χ0v) is 36.3. The highest BCUT2D eigenvalue weighted by molar-refractivity contribution is 5.97. The predicted octanol–water partition coefficient (Wildman–Crippen LogP) is 2.29. The van der Waals surface area contributed by atoms with Gasteiger partial charge >= 0.3 is 5.97 Å². The molecular formula is C42H68N6O9. The minimum atomic E-state index is -1.87. The molecule has 1 aromatic rings. The molecule has 15 heteroatoms. The van der Waals surface area contributed by atoms with Gasteiger partial charge < -0.3 is 40.5 Å². The predicted molar refractivity (Wildman–Crippen MR) is 216 cm³/mol. The van der Waals surface area contributed by atoms with Crippen LogP contribution in [0, 0.1) is 23.7 Å². The SMILES string of the molecule is CC[C@@H](C)[C@H]1OC(=O)[C@H](C(C)(C)O)N(C)C(=O)[C@H](CC(C)C)NC(=O)[C@H](C(C)C)N(C)C(=O)[C@H](CC(C)C)NC(=O)[C@H](Cc2ccccc2)NC(=O)CN(C)C1=O. The minimum absolute atomic E-state index is 0.0639. The normalized spacial score (nSPS) is 25.3. The number of ether oxygens (including phenoxy) is 1. The van der Waals surface area contributed by atoms with Gasteiger partial charge in [0, 0.05) is 33.5 Å². The molecule has 1 aliphatic rings. The molecule has 1 aliphatic heterocycles. The van der Waals surface area contributed by atoms with Gasteiger partial charge in [-0.3, -0.25) is 28.8 Å². The van der Waals surface area contributed by atoms with Crippen LogP contribution in [0.2, 0.25) is 0 Å². The van der Waals surface area contributed by atoms with E-state index in [1.165, 1.54) is 39.9 Å². The molecule has 1 aromatic carbocycles. The Morgan fingerprint density at radius 3 is 1.72 bits per heavy atom. The number of nitrogens with one attached hydrogen (secondary N) is 3. The second kappa shape index (κ2) is 21.3. The van der Waals surface area contributed by atoms with E-state index in [0.717, 1.165) is 15.4 Å². The number of carbonyl (C=O) groups excluding carboxylic acids is 7. The Bertz CT molecular complexity index is 1560. The smallest absolute Gasteiger partial charge is 0.332 e. The summed E-state index contributed by atoms with van der Waals surface area (Å²) in [6.07, 6.45) is -0.569. The van der Waals surface area contributed by atoms with E-state index in [0.29, 0.717) is 6.42 Å². The maximum Gasteiger partial charge on any atom is 0.332 e. The van der Waals surface area contributed by atoms with Crippen LogP contribution in [-0.2, 0) is 44.7 Å². The van der Waals surface area contributed by atoms with Gasteiger partial charge in [0.1, 0.15) is 24.2 Å². The Kier molecular flexibility index (Phi) is 18.2. The topological polar surface area (TPSA) is 195 Å². The molecule has 1 heterocycles. The summed E-state index contributed by atoms with van der Waals surface area (Å²) in [5, 5.41) is 19.7. The van der Waals surface area contributed by atoms with E-state index in [1.54, 1.807) is 52.0 Å². The van der Waals surface area contributed by atoms with E-state index in [1.807, 2.05) is 33.8 Å². The number of cyclic esters (lactones) is 1. The van der Waals surface area contributed by atoms with Crippen LogP contribution >= 0.6 is 0 Å². The Hall–Kier alpha value is -4.53. The molecule has 0 spiro atoms. The fraction of sp³-hybridized carbons (Fsp3) is 0.690. The molecule has 0 radical (unpaired) electrons. The van der Waals surface area contributed by atoms with Gasteiger partial charge in [0.15, 0.2) is 12.1 Å². The molecule has 320 valence electrons. The van der Waals surface area contributed by atoms with Gasteiger partial charge in [-0.15, -0.1) is 0 Å². The lowest BCUT2D eigenvalue weighted by atomic mass is 9.94. The number of likely N-dealkylation sites (N-methyl/N-ethyl adjacent to an activating group) is 3. The molecule has 0 bridgehead atoms. The lowest BCUT2D eigenvalue weighted by Crippen LogP contribution is -2.62. The third-order valence-corrected chi connectivity index (χ3v) is 10.3. The standard InChI is InChI=1S/C42H68N6O9/c1-14-27(8)34-40(54)46(11)23-32(49)43-29(22-28-18-16-15-17-19-28)36(50)44-30(20-24(2)3)38(52)47(12)33(26(6)7)37(51)45-31(21-25(4)5)39(53)48(13)35(41(55)57-34)42(9,10)56/h15-19,24-27,29-31,33-35,56H,14,20-23H2,1-13H3,(H,43,49)(H,44,50)(H,45,51)/t27-,29+,30+,31+,33+,34-,35-/m1/s1. The Balaban J connectivity index is 2.81. The van der Waals surface area contributed by atoms with E-state index in [-0.39, 0.29) is 31.1 Å². The summed E-state index contributed by atoms with van der Waals surface area (Å²) in [6, 6.07) is 2.87. The first kappa shape index (κ1) is 48.6. The second-order valence-electron chi connectivity index (χ2n) is 17.3. The Morgan fingerprint density at radius 2 is 1.25 bits per heavy atom. The third kappa shape index (κ3) is 13.8. The summed E-state index contributed by atoms with van der Waals surface area (Å²) in [5.74, 6) is -6.12. The molecular weight excluding hydrogens is 732 g/mol. The lowest BCUT2D eigenvalue weighted by Gasteiger charge is -2.39. The number of hydrogen-bond acceptors (Lipinski definition) is 9. The average molecular weight is 801 g/mol. The average Bonchev–Trinajstić information content (AvgIpc) is 3.10. The maximum atomic E-state index is 14.3. The van der Waals surface area contributed by atoms with Crippen molar-refractivity contribution in [3.05, 3.63) is 35.9 Å². The molecule has 2 rings (SSSR count). The van der Waals surface area contributed by atoms with Crippen LogP contribution in [0.4, 0.5) is 0 Å². The number of nitrogens with zero attached hydrogens (tertiary/aromatic N) is 3. The molecule has 0 aliphatic carbocycles. The third-order valence-electron chi connectivity index (χ3n) is 10.3. The molecule has 0 aromatic heterocycles. The van der Waals surface area contributed by atoms with Crippen molar-refractivity contribution in [3.63, 3.8) is 0 Å².